The maximum absolute atomic E-state index is 12.4. The lowest BCUT2D eigenvalue weighted by Crippen LogP contribution is -2.17. The fourth-order valence-corrected chi connectivity index (χ4v) is 3.01. The molecule has 0 bridgehead atoms. The first-order chi connectivity index (χ1) is 12.7. The summed E-state index contributed by atoms with van der Waals surface area (Å²) in [5.74, 6) is 0.290. The summed E-state index contributed by atoms with van der Waals surface area (Å²) in [6.07, 6.45) is 5.88. The normalized spacial score (nSPS) is 17.3. The summed E-state index contributed by atoms with van der Waals surface area (Å²) in [6.45, 7) is 1.94. The van der Waals surface area contributed by atoms with Gasteiger partial charge in [0.15, 0.2) is 11.5 Å². The molecule has 1 aliphatic heterocycles. The molecular weight excluding hydrogens is 330 g/mol. The van der Waals surface area contributed by atoms with Gasteiger partial charge in [-0.1, -0.05) is 35.5 Å². The molecule has 132 valence electrons. The number of benzene rings is 1. The molecule has 0 saturated carbocycles. The second kappa shape index (κ2) is 7.01. The van der Waals surface area contributed by atoms with Crippen LogP contribution in [0.15, 0.2) is 48.9 Å². The molecule has 1 aliphatic rings. The quantitative estimate of drug-likeness (QED) is 0.773. The maximum atomic E-state index is 12.4. The van der Waals surface area contributed by atoms with Crippen LogP contribution in [0, 0.1) is 0 Å². The molecule has 0 aliphatic carbocycles. The number of nitrogens with one attached hydrogen (secondary N) is 1. The minimum Gasteiger partial charge on any atom is -0.318 e. The van der Waals surface area contributed by atoms with Gasteiger partial charge in [-0.2, -0.15) is 0 Å². The van der Waals surface area contributed by atoms with Crippen molar-refractivity contribution >= 4 is 11.6 Å². The predicted octanol–water partition coefficient (Wildman–Crippen LogP) is 1.86. The van der Waals surface area contributed by atoms with Gasteiger partial charge in [-0.05, 0) is 20.0 Å². The van der Waals surface area contributed by atoms with Crippen LogP contribution in [-0.4, -0.2) is 55.9 Å². The zero-order valence-corrected chi connectivity index (χ0v) is 14.4. The number of hydrogen-bond donors (Lipinski definition) is 1. The number of carbonyl (C=O) groups excluding carboxylic acids is 1. The van der Waals surface area contributed by atoms with Gasteiger partial charge in [0.25, 0.3) is 5.91 Å². The highest BCUT2D eigenvalue weighted by Gasteiger charge is 2.23. The molecular formula is C18H19N7O. The van der Waals surface area contributed by atoms with Crippen LogP contribution in [0.3, 0.4) is 0 Å². The first kappa shape index (κ1) is 16.3. The van der Waals surface area contributed by atoms with Gasteiger partial charge in [-0.3, -0.25) is 4.79 Å². The Labute approximate surface area is 150 Å². The Kier molecular flexibility index (Phi) is 4.40. The molecule has 0 radical (unpaired) electrons. The molecule has 4 rings (SSSR count). The van der Waals surface area contributed by atoms with E-state index in [0.29, 0.717) is 11.5 Å². The Morgan fingerprint density at radius 1 is 1.19 bits per heavy atom. The van der Waals surface area contributed by atoms with Gasteiger partial charge < -0.3 is 10.2 Å². The highest BCUT2D eigenvalue weighted by atomic mass is 16.2. The molecule has 8 nitrogen and oxygen atoms in total. The summed E-state index contributed by atoms with van der Waals surface area (Å²) in [7, 11) is 2.07. The van der Waals surface area contributed by atoms with Gasteiger partial charge in [-0.25, -0.2) is 14.6 Å². The number of anilines is 1. The van der Waals surface area contributed by atoms with E-state index in [4.69, 9.17) is 0 Å². The number of amides is 1. The molecule has 1 saturated heterocycles. The van der Waals surface area contributed by atoms with Crippen LogP contribution >= 0.6 is 0 Å². The molecule has 1 N–H and O–H groups in total. The van der Waals surface area contributed by atoms with E-state index in [1.165, 1.54) is 0 Å². The molecule has 1 fully saturated rings. The zero-order chi connectivity index (χ0) is 17.9. The molecule has 3 heterocycles. The van der Waals surface area contributed by atoms with Crippen molar-refractivity contribution < 1.29 is 4.79 Å². The number of likely N-dealkylation sites (N-methyl/N-ethyl adjacent to an activating group) is 1. The van der Waals surface area contributed by atoms with Crippen molar-refractivity contribution in [1.29, 1.82) is 0 Å². The second-order valence-corrected chi connectivity index (χ2v) is 6.40. The SMILES string of the molecule is CN1CCC(n2cc(C(=O)Nc3cnc(-c4ccccc4)nc3)nn2)C1. The Morgan fingerprint density at radius 2 is 1.96 bits per heavy atom. The number of likely N-dealkylation sites (tertiary alicyclic amines) is 1. The topological polar surface area (TPSA) is 88.8 Å². The Balaban J connectivity index is 1.43. The van der Waals surface area contributed by atoms with Crippen molar-refractivity contribution in [3.8, 4) is 11.4 Å². The third-order valence-corrected chi connectivity index (χ3v) is 4.43. The predicted molar refractivity (Wildman–Crippen MR) is 96.6 cm³/mol. The number of aromatic nitrogens is 5. The van der Waals surface area contributed by atoms with Gasteiger partial charge in [-0.15, -0.1) is 5.10 Å². The van der Waals surface area contributed by atoms with Crippen molar-refractivity contribution in [2.45, 2.75) is 12.5 Å². The van der Waals surface area contributed by atoms with Crippen molar-refractivity contribution in [1.82, 2.24) is 29.9 Å². The van der Waals surface area contributed by atoms with E-state index in [-0.39, 0.29) is 17.6 Å². The number of carbonyl (C=O) groups is 1. The Bertz CT molecular complexity index is 891. The highest BCUT2D eigenvalue weighted by molar-refractivity contribution is 6.02. The van der Waals surface area contributed by atoms with Crippen molar-refractivity contribution in [3.63, 3.8) is 0 Å². The average Bonchev–Trinajstić information content (AvgIpc) is 3.32. The van der Waals surface area contributed by atoms with Gasteiger partial charge in [0.2, 0.25) is 0 Å². The lowest BCUT2D eigenvalue weighted by atomic mass is 10.2. The van der Waals surface area contributed by atoms with Crippen molar-refractivity contribution in [2.24, 2.45) is 0 Å². The van der Waals surface area contributed by atoms with E-state index in [2.05, 4.69) is 37.5 Å². The summed E-state index contributed by atoms with van der Waals surface area (Å²) in [5.41, 5.74) is 1.73. The molecule has 1 aromatic carbocycles. The molecule has 3 aromatic rings. The summed E-state index contributed by atoms with van der Waals surface area (Å²) in [4.78, 5) is 23.2. The largest absolute Gasteiger partial charge is 0.318 e. The fraction of sp³-hybridized carbons (Fsp3) is 0.278. The molecule has 0 spiro atoms. The maximum Gasteiger partial charge on any atom is 0.277 e. The standard InChI is InChI=1S/C18H19N7O/c1-24-8-7-15(11-24)25-12-16(22-23-25)18(26)21-14-9-19-17(20-10-14)13-5-3-2-4-6-13/h2-6,9-10,12,15H,7-8,11H2,1H3,(H,21,26). The summed E-state index contributed by atoms with van der Waals surface area (Å²) >= 11 is 0. The highest BCUT2D eigenvalue weighted by Crippen LogP contribution is 2.19. The van der Waals surface area contributed by atoms with Crippen LogP contribution in [0.25, 0.3) is 11.4 Å². The first-order valence-corrected chi connectivity index (χ1v) is 8.48. The molecule has 26 heavy (non-hydrogen) atoms. The summed E-state index contributed by atoms with van der Waals surface area (Å²) < 4.78 is 1.77. The van der Waals surface area contributed by atoms with Crippen LogP contribution < -0.4 is 5.32 Å². The van der Waals surface area contributed by atoms with Crippen LogP contribution in [0.1, 0.15) is 23.0 Å². The van der Waals surface area contributed by atoms with Crippen molar-refractivity contribution in [3.05, 3.63) is 54.6 Å². The van der Waals surface area contributed by atoms with Gasteiger partial charge in [0.1, 0.15) is 0 Å². The third kappa shape index (κ3) is 3.45. The molecule has 1 amide bonds. The molecule has 1 unspecified atom stereocenters. The average molecular weight is 349 g/mol. The van der Waals surface area contributed by atoms with E-state index in [1.807, 2.05) is 30.3 Å². The zero-order valence-electron chi connectivity index (χ0n) is 14.4. The first-order valence-electron chi connectivity index (χ1n) is 8.48. The smallest absolute Gasteiger partial charge is 0.277 e. The minimum atomic E-state index is -0.321. The Hall–Kier alpha value is -3.13. The van der Waals surface area contributed by atoms with Crippen LogP contribution in [0.4, 0.5) is 5.69 Å². The van der Waals surface area contributed by atoms with Gasteiger partial charge in [0.05, 0.1) is 30.3 Å². The number of nitrogens with zero attached hydrogens (tertiary/aromatic N) is 6. The Morgan fingerprint density at radius 3 is 2.65 bits per heavy atom. The van der Waals surface area contributed by atoms with Crippen LogP contribution in [0.5, 0.6) is 0 Å². The lowest BCUT2D eigenvalue weighted by molar-refractivity contribution is 0.102. The monoisotopic (exact) mass is 349 g/mol. The van der Waals surface area contributed by atoms with E-state index in [1.54, 1.807) is 23.3 Å². The van der Waals surface area contributed by atoms with Crippen LogP contribution in [-0.2, 0) is 0 Å². The van der Waals surface area contributed by atoms with Crippen molar-refractivity contribution in [2.75, 3.05) is 25.5 Å². The van der Waals surface area contributed by atoms with E-state index < -0.39 is 0 Å². The van der Waals surface area contributed by atoms with Crippen LogP contribution in [0.2, 0.25) is 0 Å². The summed E-state index contributed by atoms with van der Waals surface area (Å²) in [6, 6.07) is 9.94. The number of rotatable bonds is 4. The lowest BCUT2D eigenvalue weighted by Gasteiger charge is -2.09. The van der Waals surface area contributed by atoms with Gasteiger partial charge >= 0.3 is 0 Å². The summed E-state index contributed by atoms with van der Waals surface area (Å²) in [5, 5.41) is 10.8. The van der Waals surface area contributed by atoms with E-state index in [0.717, 1.165) is 25.1 Å². The molecule has 8 heteroatoms. The second-order valence-electron chi connectivity index (χ2n) is 6.40. The van der Waals surface area contributed by atoms with E-state index >= 15 is 0 Å². The molecule has 2 aromatic heterocycles. The van der Waals surface area contributed by atoms with Gasteiger partial charge in [0, 0.05) is 12.1 Å². The fourth-order valence-electron chi connectivity index (χ4n) is 3.01. The van der Waals surface area contributed by atoms with E-state index in [9.17, 15) is 4.79 Å². The molecule has 1 atom stereocenters. The number of hydrogen-bond acceptors (Lipinski definition) is 6. The minimum absolute atomic E-state index is 0.266. The third-order valence-electron chi connectivity index (χ3n) is 4.43.